The number of hydrogen-bond donors (Lipinski definition) is 1. The molecule has 0 spiro atoms. The Kier molecular flexibility index (Phi) is 4.45. The fraction of sp³-hybridized carbons (Fsp3) is 0.857. The predicted molar refractivity (Wildman–Crippen MR) is 43.2 cm³/mol. The first-order valence-corrected chi connectivity index (χ1v) is 3.96. The topological polar surface area (TPSA) is 29.1 Å². The minimum Gasteiger partial charge on any atom is -0.352 e. The van der Waals surface area contributed by atoms with Gasteiger partial charge in [0.05, 0.1) is 0 Å². The van der Waals surface area contributed by atoms with Gasteiger partial charge in [0.1, 0.15) is 5.88 Å². The molecule has 3 heteroatoms. The molecule has 1 N–H and O–H groups in total. The van der Waals surface area contributed by atoms with E-state index in [1.165, 1.54) is 0 Å². The van der Waals surface area contributed by atoms with E-state index in [0.717, 1.165) is 0 Å². The molecule has 2 nitrogen and oxygen atoms in total. The smallest absolute Gasteiger partial charge is 0.235 e. The third-order valence-corrected chi connectivity index (χ3v) is 1.75. The highest BCUT2D eigenvalue weighted by molar-refractivity contribution is 6.27. The van der Waals surface area contributed by atoms with Crippen LogP contribution in [0.4, 0.5) is 0 Å². The van der Waals surface area contributed by atoms with Gasteiger partial charge in [-0.3, -0.25) is 4.79 Å². The van der Waals surface area contributed by atoms with Gasteiger partial charge in [-0.15, -0.1) is 11.6 Å². The zero-order chi connectivity index (χ0) is 8.15. The summed E-state index contributed by atoms with van der Waals surface area (Å²) in [5.41, 5.74) is 0. The molecule has 0 aromatic rings. The molecule has 0 fully saturated rings. The molecule has 10 heavy (non-hydrogen) atoms. The summed E-state index contributed by atoms with van der Waals surface area (Å²) >= 11 is 5.29. The molecule has 0 bridgehead atoms. The molecule has 1 amide bonds. The maximum atomic E-state index is 10.7. The van der Waals surface area contributed by atoms with Crippen molar-refractivity contribution in [2.75, 3.05) is 5.88 Å². The van der Waals surface area contributed by atoms with Gasteiger partial charge >= 0.3 is 0 Å². The highest BCUT2D eigenvalue weighted by Crippen LogP contribution is 1.98. The molecule has 0 rings (SSSR count). The Balaban J connectivity index is 3.57. The molecule has 0 aromatic carbocycles. The second kappa shape index (κ2) is 4.56. The third kappa shape index (κ3) is 3.72. The van der Waals surface area contributed by atoms with Crippen LogP contribution >= 0.6 is 11.6 Å². The first-order chi connectivity index (χ1) is 4.57. The quantitative estimate of drug-likeness (QED) is 0.626. The lowest BCUT2D eigenvalue weighted by atomic mass is 10.1. The highest BCUT2D eigenvalue weighted by Gasteiger charge is 2.08. The summed E-state index contributed by atoms with van der Waals surface area (Å²) in [4.78, 5) is 10.7. The largest absolute Gasteiger partial charge is 0.352 e. The molecule has 0 heterocycles. The minimum absolute atomic E-state index is 0.0526. The van der Waals surface area contributed by atoms with Crippen molar-refractivity contribution in [2.45, 2.75) is 26.8 Å². The maximum absolute atomic E-state index is 10.7. The number of rotatable bonds is 3. The SMILES string of the molecule is CC(C)[C@H](C)NC(=O)CCl. The molecule has 1 atom stereocenters. The average Bonchev–Trinajstić information content (AvgIpc) is 1.87. The second-order valence-corrected chi connectivity index (χ2v) is 3.00. The van der Waals surface area contributed by atoms with Crippen LogP contribution in [-0.2, 0) is 4.79 Å². The molecule has 0 saturated carbocycles. The van der Waals surface area contributed by atoms with E-state index in [9.17, 15) is 4.79 Å². The van der Waals surface area contributed by atoms with Crippen molar-refractivity contribution in [3.05, 3.63) is 0 Å². The van der Waals surface area contributed by atoms with Crippen molar-refractivity contribution in [1.82, 2.24) is 5.32 Å². The summed E-state index contributed by atoms with van der Waals surface area (Å²) in [5, 5.41) is 2.76. The molecule has 0 aromatic heterocycles. The lowest BCUT2D eigenvalue weighted by Crippen LogP contribution is -2.36. The van der Waals surface area contributed by atoms with Crippen molar-refractivity contribution in [1.29, 1.82) is 0 Å². The molecule has 0 radical (unpaired) electrons. The zero-order valence-corrected chi connectivity index (χ0v) is 7.40. The Hall–Kier alpha value is -0.240. The summed E-state index contributed by atoms with van der Waals surface area (Å²) in [6.07, 6.45) is 0. The first-order valence-electron chi connectivity index (χ1n) is 3.43. The molecule has 0 aliphatic rings. The summed E-state index contributed by atoms with van der Waals surface area (Å²) in [6, 6.07) is 0.214. The summed E-state index contributed by atoms with van der Waals surface area (Å²) in [6.45, 7) is 6.08. The number of carbonyl (C=O) groups is 1. The minimum atomic E-state index is -0.0946. The Morgan fingerprint density at radius 1 is 1.50 bits per heavy atom. The van der Waals surface area contributed by atoms with Gasteiger partial charge in [-0.2, -0.15) is 0 Å². The maximum Gasteiger partial charge on any atom is 0.235 e. The third-order valence-electron chi connectivity index (χ3n) is 1.51. The number of carbonyl (C=O) groups excluding carboxylic acids is 1. The van der Waals surface area contributed by atoms with Gasteiger partial charge in [0, 0.05) is 6.04 Å². The van der Waals surface area contributed by atoms with Gasteiger partial charge < -0.3 is 5.32 Å². The van der Waals surface area contributed by atoms with Crippen LogP contribution in [0.5, 0.6) is 0 Å². The van der Waals surface area contributed by atoms with Crippen molar-refractivity contribution >= 4 is 17.5 Å². The Morgan fingerprint density at radius 3 is 2.30 bits per heavy atom. The highest BCUT2D eigenvalue weighted by atomic mass is 35.5. The van der Waals surface area contributed by atoms with Crippen molar-refractivity contribution in [3.63, 3.8) is 0 Å². The van der Waals surface area contributed by atoms with Crippen molar-refractivity contribution in [3.8, 4) is 0 Å². The van der Waals surface area contributed by atoms with Gasteiger partial charge in [0.15, 0.2) is 0 Å². The van der Waals surface area contributed by atoms with Gasteiger partial charge in [0.2, 0.25) is 5.91 Å². The normalized spacial score (nSPS) is 13.3. The summed E-state index contributed by atoms with van der Waals surface area (Å²) < 4.78 is 0. The monoisotopic (exact) mass is 163 g/mol. The first kappa shape index (κ1) is 9.76. The van der Waals surface area contributed by atoms with E-state index in [4.69, 9.17) is 11.6 Å². The van der Waals surface area contributed by atoms with E-state index in [2.05, 4.69) is 19.2 Å². The van der Waals surface area contributed by atoms with Crippen LogP contribution in [0, 0.1) is 5.92 Å². The van der Waals surface area contributed by atoms with E-state index in [1.54, 1.807) is 0 Å². The molecule has 0 unspecified atom stereocenters. The number of halogens is 1. The second-order valence-electron chi connectivity index (χ2n) is 2.73. The molecular formula is C7H14ClNO. The zero-order valence-electron chi connectivity index (χ0n) is 6.65. The number of amides is 1. The van der Waals surface area contributed by atoms with Gasteiger partial charge in [-0.25, -0.2) is 0 Å². The summed E-state index contributed by atoms with van der Waals surface area (Å²) in [5.74, 6) is 0.423. The van der Waals surface area contributed by atoms with E-state index >= 15 is 0 Å². The molecule has 0 saturated heterocycles. The number of alkyl halides is 1. The lowest BCUT2D eigenvalue weighted by Gasteiger charge is -2.16. The predicted octanol–water partition coefficient (Wildman–Crippen LogP) is 1.39. The molecular weight excluding hydrogens is 150 g/mol. The molecule has 0 aliphatic heterocycles. The van der Waals surface area contributed by atoms with Gasteiger partial charge in [-0.05, 0) is 12.8 Å². The van der Waals surface area contributed by atoms with Crippen molar-refractivity contribution < 1.29 is 4.79 Å². The Bertz CT molecular complexity index is 114. The van der Waals surface area contributed by atoms with E-state index in [-0.39, 0.29) is 17.8 Å². The van der Waals surface area contributed by atoms with Gasteiger partial charge in [0.25, 0.3) is 0 Å². The van der Waals surface area contributed by atoms with Crippen molar-refractivity contribution in [2.24, 2.45) is 5.92 Å². The van der Waals surface area contributed by atoms with Crippen LogP contribution in [-0.4, -0.2) is 17.8 Å². The van der Waals surface area contributed by atoms with Gasteiger partial charge in [-0.1, -0.05) is 13.8 Å². The summed E-state index contributed by atoms with van der Waals surface area (Å²) in [7, 11) is 0. The number of hydrogen-bond acceptors (Lipinski definition) is 1. The van der Waals surface area contributed by atoms with Crippen LogP contribution in [0.2, 0.25) is 0 Å². The molecule has 0 aliphatic carbocycles. The van der Waals surface area contributed by atoms with Crippen LogP contribution in [0.25, 0.3) is 0 Å². The average molecular weight is 164 g/mol. The van der Waals surface area contributed by atoms with Crippen LogP contribution in [0.3, 0.4) is 0 Å². The Labute approximate surface area is 66.9 Å². The van der Waals surface area contributed by atoms with Crippen LogP contribution < -0.4 is 5.32 Å². The fourth-order valence-corrected chi connectivity index (χ4v) is 0.536. The fourth-order valence-electron chi connectivity index (χ4n) is 0.459. The van der Waals surface area contributed by atoms with E-state index in [1.807, 2.05) is 6.92 Å². The lowest BCUT2D eigenvalue weighted by molar-refractivity contribution is -0.119. The van der Waals surface area contributed by atoms with E-state index in [0.29, 0.717) is 5.92 Å². The van der Waals surface area contributed by atoms with E-state index < -0.39 is 0 Å². The Morgan fingerprint density at radius 2 is 2.00 bits per heavy atom. The van der Waals surface area contributed by atoms with Crippen LogP contribution in [0.15, 0.2) is 0 Å². The van der Waals surface area contributed by atoms with Crippen LogP contribution in [0.1, 0.15) is 20.8 Å². The number of nitrogens with one attached hydrogen (secondary N) is 1. The standard InChI is InChI=1S/C7H14ClNO/c1-5(2)6(3)9-7(10)4-8/h5-6H,4H2,1-3H3,(H,9,10)/t6-/m0/s1. The molecule has 60 valence electrons.